The van der Waals surface area contributed by atoms with Crippen LogP contribution in [0.3, 0.4) is 0 Å². The Morgan fingerprint density at radius 2 is 1.18 bits per heavy atom. The van der Waals surface area contributed by atoms with Crippen LogP contribution in [-0.4, -0.2) is 127 Å². The van der Waals surface area contributed by atoms with E-state index < -0.39 is 23.1 Å². The number of likely N-dealkylation sites (tertiary alicyclic amines) is 2. The van der Waals surface area contributed by atoms with Gasteiger partial charge in [0.25, 0.3) is 0 Å². The minimum Gasteiger partial charge on any atom is -0.870 e. The van der Waals surface area contributed by atoms with E-state index in [4.69, 9.17) is 9.84 Å². The number of ether oxygens (including phenoxy) is 1. The molecule has 0 bridgehead atoms. The maximum absolute atomic E-state index is 12.2. The number of carboxylic acids is 1. The van der Waals surface area contributed by atoms with Gasteiger partial charge in [0.15, 0.2) is 0 Å². The van der Waals surface area contributed by atoms with E-state index in [1.807, 2.05) is 0 Å². The number of carbonyl (C=O) groups excluding carboxylic acids is 3. The van der Waals surface area contributed by atoms with Crippen LogP contribution in [-0.2, 0) is 49.6 Å². The second-order valence-electron chi connectivity index (χ2n) is 14.6. The number of aliphatic carboxylic acids is 1. The largest absolute Gasteiger partial charge is 1.00 e. The monoisotopic (exact) mass is 780 g/mol. The van der Waals surface area contributed by atoms with Crippen molar-refractivity contribution in [1.82, 2.24) is 19.8 Å². The number of rotatable bonds is 15. The first-order valence-electron chi connectivity index (χ1n) is 18.8. The Morgan fingerprint density at radius 1 is 0.750 bits per heavy atom. The molecule has 0 aliphatic carbocycles. The first-order chi connectivity index (χ1) is 24.9. The molecule has 2 aromatic rings. The molecule has 4 aliphatic heterocycles. The maximum atomic E-state index is 12.2. The second kappa shape index (κ2) is 23.4. The van der Waals surface area contributed by atoms with E-state index in [0.29, 0.717) is 19.4 Å². The van der Waals surface area contributed by atoms with Gasteiger partial charge in [0.05, 0.1) is 45.6 Å². The molecule has 308 valence electrons. The molecule has 0 unspecified atom stereocenters. The van der Waals surface area contributed by atoms with E-state index in [-0.39, 0.29) is 88.1 Å². The Morgan fingerprint density at radius 3 is 1.59 bits per heavy atom. The Labute approximate surface area is 342 Å². The van der Waals surface area contributed by atoms with E-state index in [1.54, 1.807) is 11.8 Å². The number of aryl methyl sites for hydroxylation is 4. The fourth-order valence-corrected chi connectivity index (χ4v) is 7.16. The zero-order valence-corrected chi connectivity index (χ0v) is 32.3. The van der Waals surface area contributed by atoms with Crippen molar-refractivity contribution >= 4 is 35.4 Å². The van der Waals surface area contributed by atoms with E-state index >= 15 is 0 Å². The number of nitrogens with zero attached hydrogens (tertiary/aromatic N) is 4. The standard InChI is InChI=1S/C20H29N3O4.C18H25N3O4.CH4.Li.2H2O/c1-2-27-18(25)12-20(26)13-23(14-20)17(24)8-4-3-7-16-10-9-15-6-5-11-21-19(15)22-16;22-15(21-11-18(25,12-21)10-16(23)24)6-2-1-5-14-8-7-13-4-3-9-19-17(13)20-14;;;;/h9-10,26H,2-8,11-14H2,1H3,(H,21,22);7-8,25H,1-6,9-12H2,(H,19,20)(H,23,24);1H4;;2*1H2/q;;;+1;;/p-1. The average Bonchev–Trinajstić information content (AvgIpc) is 3.09. The normalized spacial score (nSPS) is 16.5. The average molecular weight is 781 g/mol. The van der Waals surface area contributed by atoms with Crippen LogP contribution in [0, 0.1) is 0 Å². The van der Waals surface area contributed by atoms with E-state index in [1.165, 1.54) is 16.0 Å². The number of aromatic nitrogens is 2. The summed E-state index contributed by atoms with van der Waals surface area (Å²) >= 11 is 0. The summed E-state index contributed by atoms with van der Waals surface area (Å²) in [5.41, 5.74) is 2.29. The van der Waals surface area contributed by atoms with Crippen LogP contribution < -0.4 is 29.5 Å². The van der Waals surface area contributed by atoms with Crippen molar-refractivity contribution in [3.8, 4) is 0 Å². The van der Waals surface area contributed by atoms with Gasteiger partial charge in [-0.25, -0.2) is 9.97 Å². The number of β-amino-alcohol motifs (C(OH)–C–C–N with tert-alkyl or cyclic N) is 2. The van der Waals surface area contributed by atoms with Gasteiger partial charge in [-0.1, -0.05) is 19.6 Å². The first-order valence-corrected chi connectivity index (χ1v) is 18.8. The molecule has 4 aliphatic rings. The van der Waals surface area contributed by atoms with Gasteiger partial charge in [-0.05, 0) is 94.4 Å². The van der Waals surface area contributed by atoms with Crippen molar-refractivity contribution in [3.63, 3.8) is 0 Å². The summed E-state index contributed by atoms with van der Waals surface area (Å²) in [6.45, 7) is 4.65. The van der Waals surface area contributed by atoms with Gasteiger partial charge in [-0.15, -0.1) is 0 Å². The summed E-state index contributed by atoms with van der Waals surface area (Å²) in [4.78, 5) is 58.8. The fraction of sp³-hybridized carbons (Fsp3) is 0.641. The number of carboxylic acid groups (broad SMARTS) is 1. The minimum atomic E-state index is -1.25. The summed E-state index contributed by atoms with van der Waals surface area (Å²) in [6, 6.07) is 8.44. The van der Waals surface area contributed by atoms with Gasteiger partial charge < -0.3 is 51.4 Å². The number of amides is 2. The van der Waals surface area contributed by atoms with Gasteiger partial charge in [-0.3, -0.25) is 19.2 Å². The van der Waals surface area contributed by atoms with Gasteiger partial charge in [0.1, 0.15) is 22.8 Å². The number of carbonyl (C=O) groups is 4. The predicted molar refractivity (Wildman–Crippen MR) is 206 cm³/mol. The summed E-state index contributed by atoms with van der Waals surface area (Å²) in [6.07, 6.45) is 10.0. The Bertz CT molecular complexity index is 1590. The summed E-state index contributed by atoms with van der Waals surface area (Å²) < 4.78 is 4.85. The Hall–Kier alpha value is -3.78. The SMILES string of the molecule is C.CCOC(=O)CC1(O)CN(C(=O)CCCCc2ccc3c(n2)NCCC3)C1.O.O=C(O)CC1(O)CN(C(=O)CCCCc2ccc3c(n2)NCCC3)C1.[Li+].[OH-]. The molecule has 0 atom stereocenters. The third-order valence-electron chi connectivity index (χ3n) is 9.96. The van der Waals surface area contributed by atoms with Crippen molar-refractivity contribution in [2.75, 3.05) is 56.5 Å². The van der Waals surface area contributed by atoms with Gasteiger partial charge >= 0.3 is 30.8 Å². The Balaban J connectivity index is 0.000000524. The number of nitrogens with one attached hydrogen (secondary N) is 2. The minimum absolute atomic E-state index is 0. The molecule has 8 N–H and O–H groups in total. The molecule has 6 rings (SSSR count). The molecule has 2 aromatic heterocycles. The predicted octanol–water partition coefficient (Wildman–Crippen LogP) is -0.482. The number of pyridine rings is 2. The number of hydrogen-bond acceptors (Lipinski definition) is 12. The zero-order chi connectivity index (χ0) is 37.1. The van der Waals surface area contributed by atoms with Crippen LogP contribution in [0.25, 0.3) is 0 Å². The molecule has 16 nitrogen and oxygen atoms in total. The maximum Gasteiger partial charge on any atom is 1.00 e. The molecule has 2 saturated heterocycles. The van der Waals surface area contributed by atoms with Crippen LogP contribution in [0.1, 0.15) is 101 Å². The quantitative estimate of drug-likeness (QED) is 0.0871. The summed E-state index contributed by atoms with van der Waals surface area (Å²) in [7, 11) is 0. The van der Waals surface area contributed by atoms with E-state index in [0.717, 1.165) is 100 Å². The summed E-state index contributed by atoms with van der Waals surface area (Å²) in [5.74, 6) is 0.564. The van der Waals surface area contributed by atoms with Crippen LogP contribution in [0.2, 0.25) is 0 Å². The number of anilines is 2. The number of unbranched alkanes of at least 4 members (excludes halogenated alkanes) is 2. The number of fused-ring (bicyclic) bond motifs is 2. The second-order valence-corrected chi connectivity index (χ2v) is 14.6. The summed E-state index contributed by atoms with van der Waals surface area (Å²) in [5, 5.41) is 35.6. The Kier molecular flexibility index (Phi) is 21.0. The topological polar surface area (TPSA) is 256 Å². The van der Waals surface area contributed by atoms with Crippen molar-refractivity contribution in [1.29, 1.82) is 0 Å². The van der Waals surface area contributed by atoms with E-state index in [9.17, 15) is 29.4 Å². The van der Waals surface area contributed by atoms with Crippen molar-refractivity contribution in [2.24, 2.45) is 0 Å². The molecule has 56 heavy (non-hydrogen) atoms. The third-order valence-corrected chi connectivity index (χ3v) is 9.96. The van der Waals surface area contributed by atoms with Crippen LogP contribution >= 0.6 is 0 Å². The molecule has 0 spiro atoms. The molecular weight excluding hydrogens is 719 g/mol. The molecule has 0 saturated carbocycles. The number of esters is 1. The number of aliphatic hydroxyl groups is 2. The van der Waals surface area contributed by atoms with Gasteiger partial charge in [-0.2, -0.15) is 0 Å². The van der Waals surface area contributed by atoms with Crippen LogP contribution in [0.5, 0.6) is 0 Å². The molecule has 6 heterocycles. The molecule has 0 radical (unpaired) electrons. The number of hydrogen-bond donors (Lipinski definition) is 5. The molecule has 17 heteroatoms. The van der Waals surface area contributed by atoms with Gasteiger partial charge in [0, 0.05) is 37.3 Å². The fourth-order valence-electron chi connectivity index (χ4n) is 7.16. The van der Waals surface area contributed by atoms with Crippen molar-refractivity contribution < 1.29 is 69.0 Å². The smallest absolute Gasteiger partial charge is 0.870 e. The third kappa shape index (κ3) is 14.6. The van der Waals surface area contributed by atoms with Crippen LogP contribution in [0.4, 0.5) is 11.6 Å². The molecular formula is C39H61LiN6O10. The van der Waals surface area contributed by atoms with E-state index in [2.05, 4.69) is 44.9 Å². The molecule has 2 amide bonds. The van der Waals surface area contributed by atoms with Gasteiger partial charge in [0.2, 0.25) is 11.8 Å². The van der Waals surface area contributed by atoms with Crippen molar-refractivity contribution in [2.45, 2.75) is 115 Å². The molecule has 0 aromatic carbocycles. The van der Waals surface area contributed by atoms with Crippen LogP contribution in [0.15, 0.2) is 24.3 Å². The first kappa shape index (κ1) is 50.2. The molecule has 2 fully saturated rings. The zero-order valence-electron chi connectivity index (χ0n) is 32.3. The van der Waals surface area contributed by atoms with Crippen molar-refractivity contribution in [3.05, 3.63) is 46.8 Å².